The van der Waals surface area contributed by atoms with E-state index < -0.39 is 11.7 Å². The van der Waals surface area contributed by atoms with Crippen LogP contribution in [0.4, 0.5) is 10.5 Å². The zero-order valence-electron chi connectivity index (χ0n) is 14.7. The lowest BCUT2D eigenvalue weighted by Crippen LogP contribution is -2.38. The Labute approximate surface area is 165 Å². The number of nitrogens with zero attached hydrogens (tertiary/aromatic N) is 2. The number of carbonyl (C=O) groups excluding carboxylic acids is 2. The standard InChI is InChI=1S/C17H22BrClN4O3/c1-9(10-3-4-10)22-15(24)11-7-21-14(19)12(18)13(11)23-6-5-17(2,8-23)26-16(20)25/h7,9-10H,3-6,8H2,1-2H3,(H2,20,25)(H,22,24)/t9-,17?/m0/s1. The van der Waals surface area contributed by atoms with E-state index in [-0.39, 0.29) is 17.1 Å². The van der Waals surface area contributed by atoms with Crippen molar-refractivity contribution in [3.05, 3.63) is 21.4 Å². The second-order valence-corrected chi connectivity index (χ2v) is 8.42. The lowest BCUT2D eigenvalue weighted by molar-refractivity contribution is 0.0480. The molecule has 1 saturated heterocycles. The number of hydrogen-bond donors (Lipinski definition) is 2. The molecule has 3 rings (SSSR count). The van der Waals surface area contributed by atoms with Gasteiger partial charge < -0.3 is 20.7 Å². The molecule has 1 aliphatic carbocycles. The van der Waals surface area contributed by atoms with Gasteiger partial charge in [0.05, 0.1) is 22.3 Å². The van der Waals surface area contributed by atoms with Crippen LogP contribution in [-0.2, 0) is 4.74 Å². The number of halogens is 2. The maximum atomic E-state index is 12.8. The fraction of sp³-hybridized carbons (Fsp3) is 0.588. The minimum Gasteiger partial charge on any atom is -0.441 e. The molecule has 9 heteroatoms. The SMILES string of the molecule is C[C@H](NC(=O)c1cnc(Cl)c(Br)c1N1CCC(C)(OC(N)=O)C1)C1CC1. The van der Waals surface area contributed by atoms with Crippen molar-refractivity contribution in [1.29, 1.82) is 0 Å². The summed E-state index contributed by atoms with van der Waals surface area (Å²) in [5.41, 5.74) is 5.56. The van der Waals surface area contributed by atoms with E-state index in [1.807, 2.05) is 18.7 Å². The van der Waals surface area contributed by atoms with E-state index in [0.717, 1.165) is 12.8 Å². The lowest BCUT2D eigenvalue weighted by atomic mass is 10.1. The molecule has 2 heterocycles. The van der Waals surface area contributed by atoms with Crippen molar-refractivity contribution < 1.29 is 14.3 Å². The summed E-state index contributed by atoms with van der Waals surface area (Å²) in [6.07, 6.45) is 3.57. The van der Waals surface area contributed by atoms with Crippen LogP contribution in [0.3, 0.4) is 0 Å². The maximum absolute atomic E-state index is 12.8. The quantitative estimate of drug-likeness (QED) is 0.679. The Hall–Kier alpha value is -1.54. The minimum absolute atomic E-state index is 0.117. The summed E-state index contributed by atoms with van der Waals surface area (Å²) in [4.78, 5) is 30.1. The summed E-state index contributed by atoms with van der Waals surface area (Å²) in [7, 11) is 0. The maximum Gasteiger partial charge on any atom is 0.405 e. The predicted molar refractivity (Wildman–Crippen MR) is 103 cm³/mol. The predicted octanol–water partition coefficient (Wildman–Crippen LogP) is 3.09. The van der Waals surface area contributed by atoms with Crippen LogP contribution >= 0.6 is 27.5 Å². The molecule has 1 unspecified atom stereocenters. The second-order valence-electron chi connectivity index (χ2n) is 7.27. The summed E-state index contributed by atoms with van der Waals surface area (Å²) >= 11 is 9.63. The molecule has 1 aliphatic heterocycles. The molecule has 1 aromatic heterocycles. The Morgan fingerprint density at radius 1 is 1.54 bits per heavy atom. The third-order valence-electron chi connectivity index (χ3n) is 4.98. The van der Waals surface area contributed by atoms with Crippen molar-refractivity contribution in [2.24, 2.45) is 11.7 Å². The smallest absolute Gasteiger partial charge is 0.405 e. The van der Waals surface area contributed by atoms with Crippen LogP contribution in [0, 0.1) is 5.92 Å². The number of amides is 2. The summed E-state index contributed by atoms with van der Waals surface area (Å²) in [5.74, 6) is 0.360. The Balaban J connectivity index is 1.87. The number of rotatable bonds is 5. The third kappa shape index (κ3) is 4.06. The van der Waals surface area contributed by atoms with Crippen molar-refractivity contribution in [2.75, 3.05) is 18.0 Å². The normalized spacial score (nSPS) is 23.6. The molecule has 26 heavy (non-hydrogen) atoms. The summed E-state index contributed by atoms with van der Waals surface area (Å²) in [6, 6.07) is 0.117. The van der Waals surface area contributed by atoms with Crippen LogP contribution in [0.25, 0.3) is 0 Å². The first-order valence-corrected chi connectivity index (χ1v) is 9.75. The van der Waals surface area contributed by atoms with E-state index in [1.165, 1.54) is 6.20 Å². The Morgan fingerprint density at radius 2 is 2.23 bits per heavy atom. The first-order valence-electron chi connectivity index (χ1n) is 8.58. The van der Waals surface area contributed by atoms with Gasteiger partial charge in [0.1, 0.15) is 10.8 Å². The monoisotopic (exact) mass is 444 g/mol. The second kappa shape index (κ2) is 7.23. The molecule has 1 saturated carbocycles. The Bertz CT molecular complexity index is 743. The highest BCUT2D eigenvalue weighted by atomic mass is 79.9. The molecule has 3 N–H and O–H groups in total. The van der Waals surface area contributed by atoms with Crippen molar-refractivity contribution in [2.45, 2.75) is 44.8 Å². The number of anilines is 1. The van der Waals surface area contributed by atoms with Crippen LogP contribution in [0.2, 0.25) is 5.15 Å². The number of primary amides is 1. The van der Waals surface area contributed by atoms with E-state index in [2.05, 4.69) is 26.2 Å². The molecule has 2 aliphatic rings. The van der Waals surface area contributed by atoms with Gasteiger partial charge >= 0.3 is 6.09 Å². The van der Waals surface area contributed by atoms with Gasteiger partial charge in [0.15, 0.2) is 0 Å². The average Bonchev–Trinajstić information content (AvgIpc) is 3.33. The average molecular weight is 446 g/mol. The fourth-order valence-electron chi connectivity index (χ4n) is 3.38. The zero-order chi connectivity index (χ0) is 19.1. The van der Waals surface area contributed by atoms with Crippen LogP contribution in [0.5, 0.6) is 0 Å². The van der Waals surface area contributed by atoms with Gasteiger partial charge in [-0.1, -0.05) is 11.6 Å². The van der Waals surface area contributed by atoms with E-state index >= 15 is 0 Å². The molecule has 0 spiro atoms. The highest BCUT2D eigenvalue weighted by Gasteiger charge is 2.39. The largest absolute Gasteiger partial charge is 0.441 e. The molecular weight excluding hydrogens is 424 g/mol. The topological polar surface area (TPSA) is 97.6 Å². The van der Waals surface area contributed by atoms with Gasteiger partial charge in [0.2, 0.25) is 0 Å². The number of pyridine rings is 1. The highest BCUT2D eigenvalue weighted by molar-refractivity contribution is 9.10. The number of hydrogen-bond acceptors (Lipinski definition) is 5. The van der Waals surface area contributed by atoms with Crippen LogP contribution in [-0.4, -0.2) is 41.7 Å². The summed E-state index contributed by atoms with van der Waals surface area (Å²) in [6.45, 7) is 4.85. The molecule has 142 valence electrons. The van der Waals surface area contributed by atoms with Gasteiger partial charge in [-0.25, -0.2) is 9.78 Å². The zero-order valence-corrected chi connectivity index (χ0v) is 17.1. The molecular formula is C17H22BrClN4O3. The summed E-state index contributed by atoms with van der Waals surface area (Å²) in [5, 5.41) is 3.32. The Kier molecular flexibility index (Phi) is 5.35. The van der Waals surface area contributed by atoms with Gasteiger partial charge in [-0.3, -0.25) is 4.79 Å². The fourth-order valence-corrected chi connectivity index (χ4v) is 4.08. The van der Waals surface area contributed by atoms with Crippen molar-refractivity contribution in [3.63, 3.8) is 0 Å². The molecule has 0 radical (unpaired) electrons. The Morgan fingerprint density at radius 3 is 2.85 bits per heavy atom. The van der Waals surface area contributed by atoms with Crippen LogP contribution in [0.15, 0.2) is 10.7 Å². The van der Waals surface area contributed by atoms with Gasteiger partial charge in [-0.05, 0) is 48.5 Å². The first-order chi connectivity index (χ1) is 12.2. The molecule has 0 aromatic carbocycles. The number of carbonyl (C=O) groups is 2. The van der Waals surface area contributed by atoms with Crippen molar-refractivity contribution in [3.8, 4) is 0 Å². The van der Waals surface area contributed by atoms with Crippen LogP contribution in [0.1, 0.15) is 43.5 Å². The van der Waals surface area contributed by atoms with E-state index in [1.54, 1.807) is 0 Å². The molecule has 2 amide bonds. The number of nitrogens with two attached hydrogens (primary N) is 1. The number of nitrogens with one attached hydrogen (secondary N) is 1. The number of aromatic nitrogens is 1. The van der Waals surface area contributed by atoms with Crippen LogP contribution < -0.4 is 16.0 Å². The first kappa shape index (κ1) is 19.2. The lowest BCUT2D eigenvalue weighted by Gasteiger charge is -2.27. The molecule has 7 nitrogen and oxygen atoms in total. The minimum atomic E-state index is -0.808. The molecule has 1 aromatic rings. The summed E-state index contributed by atoms with van der Waals surface area (Å²) < 4.78 is 5.81. The van der Waals surface area contributed by atoms with E-state index in [9.17, 15) is 9.59 Å². The third-order valence-corrected chi connectivity index (χ3v) is 6.25. The number of ether oxygens (including phenoxy) is 1. The molecule has 0 bridgehead atoms. The van der Waals surface area contributed by atoms with E-state index in [0.29, 0.717) is 41.2 Å². The van der Waals surface area contributed by atoms with Gasteiger partial charge in [0.25, 0.3) is 5.91 Å². The molecule has 2 fully saturated rings. The van der Waals surface area contributed by atoms with Gasteiger partial charge in [-0.15, -0.1) is 0 Å². The molecule has 2 atom stereocenters. The van der Waals surface area contributed by atoms with Gasteiger partial charge in [0, 0.05) is 25.2 Å². The van der Waals surface area contributed by atoms with Crippen molar-refractivity contribution in [1.82, 2.24) is 10.3 Å². The van der Waals surface area contributed by atoms with Gasteiger partial charge in [-0.2, -0.15) is 0 Å². The van der Waals surface area contributed by atoms with E-state index in [4.69, 9.17) is 22.1 Å². The van der Waals surface area contributed by atoms with Crippen molar-refractivity contribution >= 4 is 45.2 Å². The highest BCUT2D eigenvalue weighted by Crippen LogP contribution is 2.39.